The monoisotopic (exact) mass is 574 g/mol. The van der Waals surface area contributed by atoms with Crippen molar-refractivity contribution in [3.63, 3.8) is 0 Å². The molecule has 0 radical (unpaired) electrons. The van der Waals surface area contributed by atoms with Crippen LogP contribution in [-0.4, -0.2) is 59.3 Å². The predicted molar refractivity (Wildman–Crippen MR) is 142 cm³/mol. The molecule has 0 aliphatic carbocycles. The minimum absolute atomic E-state index is 0. The second-order valence-electron chi connectivity index (χ2n) is 7.72. The van der Waals surface area contributed by atoms with E-state index in [0.29, 0.717) is 30.6 Å². The number of benzene rings is 2. The first-order chi connectivity index (χ1) is 14.7. The summed E-state index contributed by atoms with van der Waals surface area (Å²) in [5.41, 5.74) is 2.80. The fourth-order valence-electron chi connectivity index (χ4n) is 3.02. The third-order valence-corrected chi connectivity index (χ3v) is 5.83. The van der Waals surface area contributed by atoms with Gasteiger partial charge in [0.2, 0.25) is 0 Å². The first-order valence-corrected chi connectivity index (χ1v) is 12.3. The first-order valence-electron chi connectivity index (χ1n) is 10.4. The van der Waals surface area contributed by atoms with Crippen LogP contribution in [0.2, 0.25) is 0 Å². The second-order valence-corrected chi connectivity index (χ2v) is 9.70. The molecule has 2 N–H and O–H groups in total. The zero-order valence-corrected chi connectivity index (χ0v) is 22.7. The smallest absolute Gasteiger partial charge is 0.191 e. The summed E-state index contributed by atoms with van der Waals surface area (Å²) in [5, 5.41) is 6.55. The molecule has 0 aliphatic heterocycles. The van der Waals surface area contributed by atoms with Crippen LogP contribution in [0, 0.1) is 6.92 Å². The zero-order valence-electron chi connectivity index (χ0n) is 19.5. The predicted octanol–water partition coefficient (Wildman–Crippen LogP) is 3.21. The quantitative estimate of drug-likeness (QED) is 0.258. The number of likely N-dealkylation sites (N-methyl/N-ethyl adjacent to an activating group) is 1. The van der Waals surface area contributed by atoms with Crippen LogP contribution in [0.15, 0.2) is 52.4 Å². The Balaban J connectivity index is 0.00000512. The molecule has 2 aromatic carbocycles. The molecular weight excluding hydrogens is 539 g/mol. The van der Waals surface area contributed by atoms with Crippen molar-refractivity contribution in [3.8, 4) is 5.75 Å². The van der Waals surface area contributed by atoms with E-state index in [-0.39, 0.29) is 24.0 Å². The number of aryl methyl sites for hydroxylation is 1. The Morgan fingerprint density at radius 1 is 1.09 bits per heavy atom. The van der Waals surface area contributed by atoms with E-state index in [1.807, 2.05) is 64.3 Å². The fourth-order valence-corrected chi connectivity index (χ4v) is 3.97. The Morgan fingerprint density at radius 2 is 1.84 bits per heavy atom. The summed E-state index contributed by atoms with van der Waals surface area (Å²) in [4.78, 5) is 7.11. The van der Waals surface area contributed by atoms with E-state index >= 15 is 0 Å². The van der Waals surface area contributed by atoms with Gasteiger partial charge in [0.05, 0.1) is 11.4 Å². The van der Waals surface area contributed by atoms with Crippen LogP contribution < -0.4 is 15.4 Å². The summed E-state index contributed by atoms with van der Waals surface area (Å²) >= 11 is 0. The van der Waals surface area contributed by atoms with Crippen LogP contribution in [0.5, 0.6) is 5.75 Å². The van der Waals surface area contributed by atoms with Crippen molar-refractivity contribution in [2.45, 2.75) is 31.8 Å². The minimum Gasteiger partial charge on any atom is -0.492 e. The van der Waals surface area contributed by atoms with Crippen molar-refractivity contribution < 1.29 is 13.2 Å². The van der Waals surface area contributed by atoms with E-state index in [2.05, 4.69) is 20.5 Å². The van der Waals surface area contributed by atoms with Crippen molar-refractivity contribution in [3.05, 3.63) is 59.2 Å². The van der Waals surface area contributed by atoms with Gasteiger partial charge in [0.25, 0.3) is 0 Å². The highest BCUT2D eigenvalue weighted by atomic mass is 127. The van der Waals surface area contributed by atoms with E-state index in [4.69, 9.17) is 4.74 Å². The second kappa shape index (κ2) is 13.6. The first kappa shape index (κ1) is 28.2. The summed E-state index contributed by atoms with van der Waals surface area (Å²) in [7, 11) is 0.826. The lowest BCUT2D eigenvalue weighted by molar-refractivity contribution is 0.261. The van der Waals surface area contributed by atoms with Crippen LogP contribution in [0.25, 0.3) is 0 Å². The number of rotatable bonds is 10. The molecular formula is C23H35IN4O3S. The highest BCUT2D eigenvalue weighted by Crippen LogP contribution is 2.17. The van der Waals surface area contributed by atoms with Gasteiger partial charge >= 0.3 is 0 Å². The van der Waals surface area contributed by atoms with Gasteiger partial charge in [0.1, 0.15) is 12.4 Å². The number of nitrogens with zero attached hydrogens (tertiary/aromatic N) is 2. The molecule has 9 heteroatoms. The SMILES string of the molecule is CCNC(=NCc1cccc(OCCN(C)C)c1)NCc1ccc(S(C)(=O)=O)c(C)c1.I. The third-order valence-electron chi connectivity index (χ3n) is 4.57. The van der Waals surface area contributed by atoms with Crippen LogP contribution in [-0.2, 0) is 22.9 Å². The van der Waals surface area contributed by atoms with Crippen molar-refractivity contribution in [2.24, 2.45) is 4.99 Å². The minimum atomic E-state index is -3.21. The maximum absolute atomic E-state index is 11.8. The number of halogens is 1. The van der Waals surface area contributed by atoms with Gasteiger partial charge in [-0.1, -0.05) is 24.3 Å². The standard InChI is InChI=1S/C23H34N4O3S.HI/c1-6-24-23(26-17-20-10-11-22(18(2)14-20)31(5,28)29)25-16-19-8-7-9-21(15-19)30-13-12-27(3)4;/h7-11,14-15H,6,12-13,16-17H2,1-5H3,(H2,24,25,26);1H. The van der Waals surface area contributed by atoms with Gasteiger partial charge in [0, 0.05) is 25.9 Å². The lowest BCUT2D eigenvalue weighted by Gasteiger charge is -2.13. The molecule has 0 heterocycles. The van der Waals surface area contributed by atoms with Gasteiger partial charge in [-0.3, -0.25) is 0 Å². The van der Waals surface area contributed by atoms with Crippen molar-refractivity contribution in [2.75, 3.05) is 40.0 Å². The number of sulfone groups is 1. The summed E-state index contributed by atoms with van der Waals surface area (Å²) in [6.45, 7) is 7.14. The molecule has 32 heavy (non-hydrogen) atoms. The summed E-state index contributed by atoms with van der Waals surface area (Å²) < 4.78 is 29.4. The number of hydrogen-bond acceptors (Lipinski definition) is 5. The molecule has 2 aromatic rings. The van der Waals surface area contributed by atoms with Gasteiger partial charge in [-0.2, -0.15) is 0 Å². The molecule has 0 aromatic heterocycles. The summed E-state index contributed by atoms with van der Waals surface area (Å²) in [6, 6.07) is 13.3. The molecule has 0 saturated carbocycles. The summed E-state index contributed by atoms with van der Waals surface area (Å²) in [6.07, 6.45) is 1.23. The van der Waals surface area contributed by atoms with Gasteiger partial charge in [-0.05, 0) is 62.8 Å². The highest BCUT2D eigenvalue weighted by molar-refractivity contribution is 14.0. The van der Waals surface area contributed by atoms with Crippen LogP contribution >= 0.6 is 24.0 Å². The summed E-state index contributed by atoms with van der Waals surface area (Å²) in [5.74, 6) is 1.54. The number of guanidine groups is 1. The average molecular weight is 575 g/mol. The normalized spacial score (nSPS) is 11.8. The maximum Gasteiger partial charge on any atom is 0.191 e. The Bertz CT molecular complexity index is 994. The van der Waals surface area contributed by atoms with Gasteiger partial charge in [0.15, 0.2) is 15.8 Å². The fraction of sp³-hybridized carbons (Fsp3) is 0.435. The maximum atomic E-state index is 11.8. The van der Waals surface area contributed by atoms with E-state index in [1.54, 1.807) is 6.07 Å². The molecule has 7 nitrogen and oxygen atoms in total. The number of nitrogens with one attached hydrogen (secondary N) is 2. The molecule has 0 atom stereocenters. The van der Waals surface area contributed by atoms with E-state index in [1.165, 1.54) is 6.26 Å². The molecule has 0 fully saturated rings. The Kier molecular flexibility index (Phi) is 12.0. The molecule has 0 amide bonds. The number of aliphatic imine (C=N–C) groups is 1. The average Bonchev–Trinajstić information content (AvgIpc) is 2.69. The number of hydrogen-bond donors (Lipinski definition) is 2. The molecule has 0 saturated heterocycles. The van der Waals surface area contributed by atoms with Crippen molar-refractivity contribution in [1.82, 2.24) is 15.5 Å². The van der Waals surface area contributed by atoms with Crippen molar-refractivity contribution in [1.29, 1.82) is 0 Å². The highest BCUT2D eigenvalue weighted by Gasteiger charge is 2.11. The Hall–Kier alpha value is -1.85. The molecule has 0 unspecified atom stereocenters. The molecule has 0 spiro atoms. The largest absolute Gasteiger partial charge is 0.492 e. The third kappa shape index (κ3) is 9.74. The Morgan fingerprint density at radius 3 is 2.47 bits per heavy atom. The molecule has 178 valence electrons. The van der Waals surface area contributed by atoms with Gasteiger partial charge < -0.3 is 20.3 Å². The van der Waals surface area contributed by atoms with Crippen LogP contribution in [0.3, 0.4) is 0 Å². The molecule has 2 rings (SSSR count). The van der Waals surface area contributed by atoms with Crippen LogP contribution in [0.4, 0.5) is 0 Å². The lowest BCUT2D eigenvalue weighted by Crippen LogP contribution is -2.36. The number of ether oxygens (including phenoxy) is 1. The lowest BCUT2D eigenvalue weighted by atomic mass is 10.1. The van der Waals surface area contributed by atoms with E-state index in [9.17, 15) is 8.42 Å². The molecule has 0 aliphatic rings. The van der Waals surface area contributed by atoms with Gasteiger partial charge in [-0.15, -0.1) is 24.0 Å². The van der Waals surface area contributed by atoms with E-state index in [0.717, 1.165) is 35.5 Å². The zero-order chi connectivity index (χ0) is 22.9. The topological polar surface area (TPSA) is 83.0 Å². The van der Waals surface area contributed by atoms with E-state index < -0.39 is 9.84 Å². The Labute approximate surface area is 209 Å². The van der Waals surface area contributed by atoms with Gasteiger partial charge in [-0.25, -0.2) is 13.4 Å². The van der Waals surface area contributed by atoms with Crippen LogP contribution in [0.1, 0.15) is 23.6 Å². The van der Waals surface area contributed by atoms with Crippen molar-refractivity contribution >= 4 is 39.8 Å². The molecule has 0 bridgehead atoms.